The number of nitrogens with one attached hydrogen (secondary N) is 1. The first kappa shape index (κ1) is 15.1. The molecule has 0 saturated carbocycles. The molecule has 112 valence electrons. The van der Waals surface area contributed by atoms with Gasteiger partial charge in [0.15, 0.2) is 0 Å². The van der Waals surface area contributed by atoms with E-state index in [1.807, 2.05) is 6.07 Å². The molecule has 0 atom stereocenters. The van der Waals surface area contributed by atoms with Crippen LogP contribution in [-0.2, 0) is 12.3 Å². The third-order valence-electron chi connectivity index (χ3n) is 3.31. The maximum Gasteiger partial charge on any atom is 0.203 e. The van der Waals surface area contributed by atoms with Crippen LogP contribution in [0.1, 0.15) is 16.7 Å². The minimum atomic E-state index is 0.782. The molecule has 0 spiro atoms. The SMILES string of the molecule is Cc1ccccc1CNc1nc(SCc2ccccc2)ns1. The summed E-state index contributed by atoms with van der Waals surface area (Å²) in [5.41, 5.74) is 3.87. The Morgan fingerprint density at radius 2 is 1.82 bits per heavy atom. The molecule has 0 aliphatic carbocycles. The van der Waals surface area contributed by atoms with E-state index in [1.165, 1.54) is 28.2 Å². The van der Waals surface area contributed by atoms with Gasteiger partial charge >= 0.3 is 0 Å². The van der Waals surface area contributed by atoms with Crippen LogP contribution in [0.5, 0.6) is 0 Å². The first-order chi connectivity index (χ1) is 10.8. The van der Waals surface area contributed by atoms with Crippen molar-refractivity contribution in [1.82, 2.24) is 9.36 Å². The summed E-state index contributed by atoms with van der Waals surface area (Å²) in [4.78, 5) is 4.53. The Kier molecular flexibility index (Phi) is 5.08. The molecule has 3 rings (SSSR count). The van der Waals surface area contributed by atoms with Crippen LogP contribution in [0.15, 0.2) is 59.8 Å². The van der Waals surface area contributed by atoms with Gasteiger partial charge in [0.25, 0.3) is 0 Å². The largest absolute Gasteiger partial charge is 0.356 e. The molecule has 0 aliphatic rings. The van der Waals surface area contributed by atoms with Crippen LogP contribution in [0.4, 0.5) is 5.13 Å². The van der Waals surface area contributed by atoms with Crippen molar-refractivity contribution < 1.29 is 0 Å². The average Bonchev–Trinajstić information content (AvgIpc) is 3.01. The standard InChI is InChI=1S/C17H17N3S2/c1-13-7-5-6-10-15(13)11-18-16-19-17(20-22-16)21-12-14-8-3-2-4-9-14/h2-10H,11-12H2,1H3,(H,18,19,20). The Labute approximate surface area is 139 Å². The van der Waals surface area contributed by atoms with Gasteiger partial charge in [-0.3, -0.25) is 0 Å². The highest BCUT2D eigenvalue weighted by Crippen LogP contribution is 2.24. The van der Waals surface area contributed by atoms with Crippen LogP contribution in [0.2, 0.25) is 0 Å². The van der Waals surface area contributed by atoms with E-state index in [1.54, 1.807) is 11.8 Å². The Morgan fingerprint density at radius 1 is 1.05 bits per heavy atom. The van der Waals surface area contributed by atoms with E-state index < -0.39 is 0 Å². The van der Waals surface area contributed by atoms with Crippen LogP contribution in [0.3, 0.4) is 0 Å². The molecule has 0 saturated heterocycles. The van der Waals surface area contributed by atoms with E-state index in [-0.39, 0.29) is 0 Å². The van der Waals surface area contributed by atoms with Gasteiger partial charge in [0.2, 0.25) is 10.3 Å². The van der Waals surface area contributed by atoms with Crippen LogP contribution in [-0.4, -0.2) is 9.36 Å². The van der Waals surface area contributed by atoms with E-state index in [4.69, 9.17) is 0 Å². The van der Waals surface area contributed by atoms with Crippen molar-refractivity contribution in [2.75, 3.05) is 5.32 Å². The van der Waals surface area contributed by atoms with Crippen molar-refractivity contribution in [3.8, 4) is 0 Å². The zero-order valence-corrected chi connectivity index (χ0v) is 14.0. The minimum Gasteiger partial charge on any atom is -0.356 e. The van der Waals surface area contributed by atoms with Gasteiger partial charge in [-0.15, -0.1) is 0 Å². The van der Waals surface area contributed by atoms with Gasteiger partial charge in [-0.1, -0.05) is 66.4 Å². The quantitative estimate of drug-likeness (QED) is 0.663. The van der Waals surface area contributed by atoms with Crippen molar-refractivity contribution in [3.05, 3.63) is 71.3 Å². The zero-order valence-electron chi connectivity index (χ0n) is 12.3. The Hall–Kier alpha value is -1.85. The van der Waals surface area contributed by atoms with Crippen molar-refractivity contribution >= 4 is 28.4 Å². The predicted molar refractivity (Wildman–Crippen MR) is 94.4 cm³/mol. The Morgan fingerprint density at radius 3 is 2.64 bits per heavy atom. The molecular formula is C17H17N3S2. The van der Waals surface area contributed by atoms with E-state index in [9.17, 15) is 0 Å². The highest BCUT2D eigenvalue weighted by Gasteiger charge is 2.05. The molecule has 1 heterocycles. The number of hydrogen-bond donors (Lipinski definition) is 1. The highest BCUT2D eigenvalue weighted by molar-refractivity contribution is 7.98. The number of aryl methyl sites for hydroxylation is 1. The maximum atomic E-state index is 4.53. The summed E-state index contributed by atoms with van der Waals surface area (Å²) in [6.45, 7) is 2.91. The first-order valence-electron chi connectivity index (χ1n) is 7.10. The molecule has 2 aromatic carbocycles. The highest BCUT2D eigenvalue weighted by atomic mass is 32.2. The lowest BCUT2D eigenvalue weighted by atomic mass is 10.1. The van der Waals surface area contributed by atoms with Gasteiger partial charge < -0.3 is 5.32 Å². The van der Waals surface area contributed by atoms with Gasteiger partial charge in [0.05, 0.1) is 0 Å². The van der Waals surface area contributed by atoms with Crippen LogP contribution >= 0.6 is 23.3 Å². The van der Waals surface area contributed by atoms with Gasteiger partial charge in [0.1, 0.15) is 0 Å². The summed E-state index contributed by atoms with van der Waals surface area (Å²) in [6, 6.07) is 18.8. The molecule has 5 heteroatoms. The lowest BCUT2D eigenvalue weighted by Gasteiger charge is -2.05. The summed E-state index contributed by atoms with van der Waals surface area (Å²) in [6.07, 6.45) is 0. The van der Waals surface area contributed by atoms with Gasteiger partial charge in [-0.05, 0) is 23.6 Å². The van der Waals surface area contributed by atoms with E-state index in [2.05, 4.69) is 70.1 Å². The fourth-order valence-electron chi connectivity index (χ4n) is 2.04. The van der Waals surface area contributed by atoms with Gasteiger partial charge in [0, 0.05) is 23.8 Å². The smallest absolute Gasteiger partial charge is 0.203 e. The minimum absolute atomic E-state index is 0.782. The zero-order chi connectivity index (χ0) is 15.2. The molecule has 0 amide bonds. The Bertz CT molecular complexity index is 726. The summed E-state index contributed by atoms with van der Waals surface area (Å²) < 4.78 is 4.40. The number of thioether (sulfide) groups is 1. The second-order valence-corrected chi connectivity index (χ2v) is 6.63. The van der Waals surface area contributed by atoms with Crippen molar-refractivity contribution in [2.24, 2.45) is 0 Å². The molecule has 0 bridgehead atoms. The van der Waals surface area contributed by atoms with Crippen LogP contribution < -0.4 is 5.32 Å². The number of rotatable bonds is 6. The topological polar surface area (TPSA) is 37.8 Å². The molecular weight excluding hydrogens is 310 g/mol. The normalized spacial score (nSPS) is 10.6. The van der Waals surface area contributed by atoms with E-state index >= 15 is 0 Å². The second kappa shape index (κ2) is 7.42. The number of hydrogen-bond acceptors (Lipinski definition) is 5. The number of anilines is 1. The molecule has 0 aliphatic heterocycles. The predicted octanol–water partition coefficient (Wildman–Crippen LogP) is 4.75. The maximum absolute atomic E-state index is 4.53. The van der Waals surface area contributed by atoms with Crippen LogP contribution in [0, 0.1) is 6.92 Å². The molecule has 0 radical (unpaired) electrons. The van der Waals surface area contributed by atoms with Crippen molar-refractivity contribution in [1.29, 1.82) is 0 Å². The lowest BCUT2D eigenvalue weighted by Crippen LogP contribution is -2.00. The number of nitrogens with zero attached hydrogens (tertiary/aromatic N) is 2. The monoisotopic (exact) mass is 327 g/mol. The van der Waals surface area contributed by atoms with Gasteiger partial charge in [-0.25, -0.2) is 0 Å². The van der Waals surface area contributed by atoms with Crippen LogP contribution in [0.25, 0.3) is 0 Å². The third kappa shape index (κ3) is 4.08. The van der Waals surface area contributed by atoms with Crippen molar-refractivity contribution in [3.63, 3.8) is 0 Å². The number of benzene rings is 2. The third-order valence-corrected chi connectivity index (χ3v) is 5.02. The van der Waals surface area contributed by atoms with E-state index in [0.717, 1.165) is 22.6 Å². The second-order valence-electron chi connectivity index (χ2n) is 4.94. The average molecular weight is 327 g/mol. The number of aromatic nitrogens is 2. The summed E-state index contributed by atoms with van der Waals surface area (Å²) >= 11 is 3.08. The fourth-order valence-corrected chi connectivity index (χ4v) is 3.54. The molecule has 3 aromatic rings. The molecule has 1 aromatic heterocycles. The lowest BCUT2D eigenvalue weighted by molar-refractivity contribution is 1.04. The summed E-state index contributed by atoms with van der Waals surface area (Å²) in [5.74, 6) is 0.898. The molecule has 22 heavy (non-hydrogen) atoms. The summed E-state index contributed by atoms with van der Waals surface area (Å²) in [7, 11) is 0. The van der Waals surface area contributed by atoms with Crippen molar-refractivity contribution in [2.45, 2.75) is 24.4 Å². The summed E-state index contributed by atoms with van der Waals surface area (Å²) in [5, 5.41) is 5.06. The fraction of sp³-hybridized carbons (Fsp3) is 0.176. The van der Waals surface area contributed by atoms with Gasteiger partial charge in [-0.2, -0.15) is 9.36 Å². The molecule has 0 unspecified atom stereocenters. The molecule has 1 N–H and O–H groups in total. The first-order valence-corrected chi connectivity index (χ1v) is 8.86. The molecule has 3 nitrogen and oxygen atoms in total. The van der Waals surface area contributed by atoms with E-state index in [0.29, 0.717) is 0 Å². The molecule has 0 fully saturated rings. The Balaban J connectivity index is 1.54.